The van der Waals surface area contributed by atoms with E-state index in [0.717, 1.165) is 5.01 Å². The number of amides is 2. The zero-order valence-corrected chi connectivity index (χ0v) is 11.5. The number of primary amides is 1. The Hall–Kier alpha value is -1.50. The Balaban J connectivity index is 2.20. The van der Waals surface area contributed by atoms with Crippen molar-refractivity contribution in [2.45, 2.75) is 32.6 Å². The second kappa shape index (κ2) is 4.31. The van der Waals surface area contributed by atoms with Gasteiger partial charge in [-0.25, -0.2) is 0 Å². The lowest BCUT2D eigenvalue weighted by Gasteiger charge is -2.13. The van der Waals surface area contributed by atoms with Crippen molar-refractivity contribution < 1.29 is 9.59 Å². The summed E-state index contributed by atoms with van der Waals surface area (Å²) in [5.41, 5.74) is 5.13. The van der Waals surface area contributed by atoms with E-state index in [4.69, 9.17) is 5.73 Å². The fraction of sp³-hybridized carbons (Fsp3) is 0.636. The average molecular weight is 268 g/mol. The van der Waals surface area contributed by atoms with Crippen molar-refractivity contribution in [1.29, 1.82) is 0 Å². The third-order valence-electron chi connectivity index (χ3n) is 2.81. The molecule has 0 radical (unpaired) electrons. The lowest BCUT2D eigenvalue weighted by molar-refractivity contribution is -0.123. The molecule has 1 fully saturated rings. The van der Waals surface area contributed by atoms with Gasteiger partial charge in [0.25, 0.3) is 0 Å². The standard InChI is InChI=1S/C11H16N4O2S/c1-11(2,3)9-13-14-10(18-9)15-5-6(8(12)17)4-7(15)16/h6H,4-5H2,1-3H3,(H2,12,17). The van der Waals surface area contributed by atoms with E-state index in [-0.39, 0.29) is 17.7 Å². The summed E-state index contributed by atoms with van der Waals surface area (Å²) in [6, 6.07) is 0. The number of carbonyl (C=O) groups excluding carboxylic acids is 2. The average Bonchev–Trinajstić information content (AvgIpc) is 2.81. The maximum absolute atomic E-state index is 11.8. The smallest absolute Gasteiger partial charge is 0.229 e. The number of rotatable bonds is 2. The lowest BCUT2D eigenvalue weighted by Crippen LogP contribution is -2.28. The van der Waals surface area contributed by atoms with Gasteiger partial charge in [0.1, 0.15) is 5.01 Å². The minimum absolute atomic E-state index is 0.0955. The molecule has 1 atom stereocenters. The highest BCUT2D eigenvalue weighted by atomic mass is 32.1. The normalized spacial score (nSPS) is 20.5. The summed E-state index contributed by atoms with van der Waals surface area (Å²) in [6.07, 6.45) is 0.166. The van der Waals surface area contributed by atoms with E-state index in [0.29, 0.717) is 11.7 Å². The maximum atomic E-state index is 11.8. The molecule has 2 rings (SSSR count). The summed E-state index contributed by atoms with van der Waals surface area (Å²) in [6.45, 7) is 6.42. The Morgan fingerprint density at radius 2 is 2.11 bits per heavy atom. The lowest BCUT2D eigenvalue weighted by atomic mass is 9.98. The molecule has 2 amide bonds. The van der Waals surface area contributed by atoms with Gasteiger partial charge in [-0.05, 0) is 0 Å². The van der Waals surface area contributed by atoms with Crippen LogP contribution < -0.4 is 10.6 Å². The Kier molecular flexibility index (Phi) is 3.10. The third kappa shape index (κ3) is 2.35. The number of nitrogens with two attached hydrogens (primary N) is 1. The van der Waals surface area contributed by atoms with Crippen LogP contribution in [0.15, 0.2) is 0 Å². The van der Waals surface area contributed by atoms with Crippen molar-refractivity contribution in [2.75, 3.05) is 11.4 Å². The van der Waals surface area contributed by atoms with Gasteiger partial charge in [0, 0.05) is 18.4 Å². The van der Waals surface area contributed by atoms with E-state index >= 15 is 0 Å². The van der Waals surface area contributed by atoms with Crippen LogP contribution in [0.5, 0.6) is 0 Å². The largest absolute Gasteiger partial charge is 0.369 e. The van der Waals surface area contributed by atoms with Crippen molar-refractivity contribution in [3.05, 3.63) is 5.01 Å². The summed E-state index contributed by atoms with van der Waals surface area (Å²) in [5, 5.41) is 9.54. The molecular weight excluding hydrogens is 252 g/mol. The van der Waals surface area contributed by atoms with Gasteiger partial charge in [-0.3, -0.25) is 14.5 Å². The summed E-state index contributed by atoms with van der Waals surface area (Å²) in [5.74, 6) is -0.971. The Labute approximate surface area is 109 Å². The number of anilines is 1. The molecule has 0 aliphatic carbocycles. The van der Waals surface area contributed by atoms with Crippen molar-refractivity contribution in [2.24, 2.45) is 11.7 Å². The zero-order chi connectivity index (χ0) is 13.5. The fourth-order valence-corrected chi connectivity index (χ4v) is 2.64. The number of hydrogen-bond acceptors (Lipinski definition) is 5. The number of hydrogen-bond donors (Lipinski definition) is 1. The molecule has 0 saturated carbocycles. The van der Waals surface area contributed by atoms with Gasteiger partial charge in [-0.1, -0.05) is 32.1 Å². The van der Waals surface area contributed by atoms with Gasteiger partial charge < -0.3 is 5.73 Å². The molecule has 0 aromatic carbocycles. The van der Waals surface area contributed by atoms with Crippen LogP contribution >= 0.6 is 11.3 Å². The molecule has 1 aliphatic heterocycles. The van der Waals surface area contributed by atoms with Crippen LogP contribution in [-0.4, -0.2) is 28.6 Å². The number of aromatic nitrogens is 2. The molecule has 6 nitrogen and oxygen atoms in total. The van der Waals surface area contributed by atoms with Gasteiger partial charge in [-0.2, -0.15) is 0 Å². The monoisotopic (exact) mass is 268 g/mol. The first-order valence-corrected chi connectivity index (χ1v) is 6.54. The fourth-order valence-electron chi connectivity index (χ4n) is 1.71. The molecule has 1 aromatic rings. The van der Waals surface area contributed by atoms with Gasteiger partial charge in [0.2, 0.25) is 16.9 Å². The summed E-state index contributed by atoms with van der Waals surface area (Å²) >= 11 is 1.39. The first-order valence-electron chi connectivity index (χ1n) is 5.72. The van der Waals surface area contributed by atoms with E-state index in [9.17, 15) is 9.59 Å². The highest BCUT2D eigenvalue weighted by Gasteiger charge is 2.36. The molecule has 0 bridgehead atoms. The zero-order valence-electron chi connectivity index (χ0n) is 10.6. The first-order chi connectivity index (χ1) is 8.29. The topological polar surface area (TPSA) is 89.2 Å². The van der Waals surface area contributed by atoms with E-state index in [1.54, 1.807) is 0 Å². The first kappa shape index (κ1) is 12.9. The SMILES string of the molecule is CC(C)(C)c1nnc(N2CC(C(N)=O)CC2=O)s1. The van der Waals surface area contributed by atoms with Crippen molar-refractivity contribution in [1.82, 2.24) is 10.2 Å². The summed E-state index contributed by atoms with van der Waals surface area (Å²) < 4.78 is 0. The van der Waals surface area contributed by atoms with Crippen LogP contribution in [-0.2, 0) is 15.0 Å². The molecule has 0 spiro atoms. The third-order valence-corrected chi connectivity index (χ3v) is 4.19. The van der Waals surface area contributed by atoms with E-state index in [2.05, 4.69) is 10.2 Å². The number of carbonyl (C=O) groups is 2. The highest BCUT2D eigenvalue weighted by molar-refractivity contribution is 7.15. The molecule has 1 aromatic heterocycles. The van der Waals surface area contributed by atoms with Crippen molar-refractivity contribution in [3.63, 3.8) is 0 Å². The van der Waals surface area contributed by atoms with E-state index < -0.39 is 11.8 Å². The van der Waals surface area contributed by atoms with Crippen molar-refractivity contribution in [3.8, 4) is 0 Å². The summed E-state index contributed by atoms with van der Waals surface area (Å²) in [7, 11) is 0. The van der Waals surface area contributed by atoms with Crippen LogP contribution in [0, 0.1) is 5.92 Å². The van der Waals surface area contributed by atoms with E-state index in [1.165, 1.54) is 16.2 Å². The molecule has 2 N–H and O–H groups in total. The van der Waals surface area contributed by atoms with Gasteiger partial charge in [0.05, 0.1) is 5.92 Å². The number of nitrogens with zero attached hydrogens (tertiary/aromatic N) is 3. The van der Waals surface area contributed by atoms with Gasteiger partial charge in [-0.15, -0.1) is 10.2 Å². The molecule has 98 valence electrons. The predicted molar refractivity (Wildman–Crippen MR) is 68.3 cm³/mol. The van der Waals surface area contributed by atoms with Crippen molar-refractivity contribution >= 4 is 28.3 Å². The van der Waals surface area contributed by atoms with Crippen LogP contribution in [0.4, 0.5) is 5.13 Å². The van der Waals surface area contributed by atoms with Crippen LogP contribution in [0.1, 0.15) is 32.2 Å². The van der Waals surface area contributed by atoms with Gasteiger partial charge >= 0.3 is 0 Å². The Morgan fingerprint density at radius 3 is 2.56 bits per heavy atom. The molecule has 1 unspecified atom stereocenters. The molecule has 1 saturated heterocycles. The minimum atomic E-state index is -0.439. The van der Waals surface area contributed by atoms with E-state index in [1.807, 2.05) is 20.8 Å². The maximum Gasteiger partial charge on any atom is 0.229 e. The molecule has 18 heavy (non-hydrogen) atoms. The molecule has 7 heteroatoms. The Morgan fingerprint density at radius 1 is 1.44 bits per heavy atom. The van der Waals surface area contributed by atoms with Crippen LogP contribution in [0.25, 0.3) is 0 Å². The highest BCUT2D eigenvalue weighted by Crippen LogP contribution is 2.32. The quantitative estimate of drug-likeness (QED) is 0.854. The molecule has 2 heterocycles. The van der Waals surface area contributed by atoms with Gasteiger partial charge in [0.15, 0.2) is 0 Å². The molecular formula is C11H16N4O2S. The Bertz CT molecular complexity index is 491. The second-order valence-electron chi connectivity index (χ2n) is 5.45. The van der Waals surface area contributed by atoms with Crippen LogP contribution in [0.3, 0.4) is 0 Å². The second-order valence-corrected chi connectivity index (χ2v) is 6.40. The van der Waals surface area contributed by atoms with Crippen LogP contribution in [0.2, 0.25) is 0 Å². The summed E-state index contributed by atoms with van der Waals surface area (Å²) in [4.78, 5) is 24.4. The minimum Gasteiger partial charge on any atom is -0.369 e. The predicted octanol–water partition coefficient (Wildman–Crippen LogP) is 0.674. The molecule has 1 aliphatic rings.